The van der Waals surface area contributed by atoms with Crippen LogP contribution in [0.3, 0.4) is 0 Å². The Morgan fingerprint density at radius 3 is 2.29 bits per heavy atom. The highest BCUT2D eigenvalue weighted by atomic mass is 16.1. The molecule has 0 amide bonds. The van der Waals surface area contributed by atoms with Gasteiger partial charge in [0.25, 0.3) is 0 Å². The lowest BCUT2D eigenvalue weighted by molar-refractivity contribution is -0.123. The second kappa shape index (κ2) is 22.0. The molecular weight excluding hydrogens is 583 g/mol. The van der Waals surface area contributed by atoms with Gasteiger partial charge >= 0.3 is 0 Å². The Morgan fingerprint density at radius 2 is 1.58 bits per heavy atom. The molecule has 0 aromatic rings. The largest absolute Gasteiger partial charge is 0.309 e. The number of Topliss-reactive ketones (excluding diaryl/α,β-unsaturated/α-hetero) is 1. The fourth-order valence-corrected chi connectivity index (χ4v) is 9.02. The molecule has 3 aliphatic carbocycles. The lowest BCUT2D eigenvalue weighted by Gasteiger charge is -2.44. The minimum Gasteiger partial charge on any atom is -0.309 e. The highest BCUT2D eigenvalue weighted by Gasteiger charge is 2.50. The van der Waals surface area contributed by atoms with E-state index in [0.29, 0.717) is 23.0 Å². The Kier molecular flexibility index (Phi) is 18.6. The molecular formula is C46H75NO. The van der Waals surface area contributed by atoms with Crippen molar-refractivity contribution in [1.29, 1.82) is 0 Å². The van der Waals surface area contributed by atoms with Crippen LogP contribution in [0.5, 0.6) is 0 Å². The van der Waals surface area contributed by atoms with Crippen molar-refractivity contribution in [2.24, 2.45) is 35.0 Å². The number of ketones is 1. The molecule has 270 valence electrons. The Bertz CT molecular complexity index is 1110. The summed E-state index contributed by atoms with van der Waals surface area (Å²) in [4.78, 5) is 15.5. The topological polar surface area (TPSA) is 20.3 Å². The summed E-state index contributed by atoms with van der Waals surface area (Å²) in [5, 5.41) is 0. The molecule has 3 rings (SSSR count). The maximum absolute atomic E-state index is 13.2. The molecule has 3 saturated carbocycles. The Morgan fingerprint density at radius 1 is 0.875 bits per heavy atom. The van der Waals surface area contributed by atoms with Gasteiger partial charge in [0.1, 0.15) is 5.78 Å². The Balaban J connectivity index is 1.36. The van der Waals surface area contributed by atoms with Gasteiger partial charge in [-0.25, -0.2) is 0 Å². The molecule has 5 atom stereocenters. The summed E-state index contributed by atoms with van der Waals surface area (Å²) < 4.78 is 0. The zero-order chi connectivity index (χ0) is 34.8. The van der Waals surface area contributed by atoms with Gasteiger partial charge in [0.2, 0.25) is 0 Å². The average molecular weight is 658 g/mol. The SMILES string of the molecule is C=C1CC[C@H](C(=O)CCCCCC/C=C/C/C=C\CCCCCN(C)C)C/C1=C\C=C1/CCC[C@@]2(C)C1CC[C@@H]2[C@H](C)/C=C/CC(C)C. The zero-order valence-corrected chi connectivity index (χ0v) is 32.4. The van der Waals surface area contributed by atoms with E-state index in [-0.39, 0.29) is 5.92 Å². The van der Waals surface area contributed by atoms with Gasteiger partial charge in [0.05, 0.1) is 0 Å². The third-order valence-electron chi connectivity index (χ3n) is 12.0. The van der Waals surface area contributed by atoms with Gasteiger partial charge in [0, 0.05) is 12.3 Å². The normalized spacial score (nSPS) is 27.5. The van der Waals surface area contributed by atoms with Crippen LogP contribution in [0.4, 0.5) is 0 Å². The molecule has 1 unspecified atom stereocenters. The average Bonchev–Trinajstić information content (AvgIpc) is 3.41. The summed E-state index contributed by atoms with van der Waals surface area (Å²) in [7, 11) is 4.30. The second-order valence-corrected chi connectivity index (χ2v) is 16.7. The molecule has 0 saturated heterocycles. The van der Waals surface area contributed by atoms with E-state index in [1.165, 1.54) is 101 Å². The fourth-order valence-electron chi connectivity index (χ4n) is 9.02. The summed E-state index contributed by atoms with van der Waals surface area (Å²) in [5.74, 6) is 3.59. The number of hydrogen-bond donors (Lipinski definition) is 0. The van der Waals surface area contributed by atoms with E-state index in [9.17, 15) is 4.79 Å². The summed E-state index contributed by atoms with van der Waals surface area (Å²) in [6.45, 7) is 15.3. The summed E-state index contributed by atoms with van der Waals surface area (Å²) in [5.41, 5.74) is 4.71. The van der Waals surface area contributed by atoms with Crippen LogP contribution < -0.4 is 0 Å². The van der Waals surface area contributed by atoms with Crippen LogP contribution >= 0.6 is 0 Å². The predicted molar refractivity (Wildman–Crippen MR) is 211 cm³/mol. The maximum atomic E-state index is 13.2. The van der Waals surface area contributed by atoms with Crippen molar-refractivity contribution in [3.05, 3.63) is 71.9 Å². The fraction of sp³-hybridized carbons (Fsp3) is 0.717. The van der Waals surface area contributed by atoms with Crippen LogP contribution in [-0.4, -0.2) is 31.3 Å². The van der Waals surface area contributed by atoms with Crippen molar-refractivity contribution in [2.45, 2.75) is 156 Å². The predicted octanol–water partition coefficient (Wildman–Crippen LogP) is 13.2. The highest BCUT2D eigenvalue weighted by Crippen LogP contribution is 2.59. The number of carbonyl (C=O) groups is 1. The van der Waals surface area contributed by atoms with Crippen LogP contribution in [0.15, 0.2) is 71.9 Å². The van der Waals surface area contributed by atoms with Gasteiger partial charge in [-0.3, -0.25) is 4.79 Å². The molecule has 0 spiro atoms. The maximum Gasteiger partial charge on any atom is 0.136 e. The number of nitrogens with zero attached hydrogens (tertiary/aromatic N) is 1. The summed E-state index contributed by atoms with van der Waals surface area (Å²) in [6, 6.07) is 0. The molecule has 2 nitrogen and oxygen atoms in total. The second-order valence-electron chi connectivity index (χ2n) is 16.7. The molecule has 0 bridgehead atoms. The zero-order valence-electron chi connectivity index (χ0n) is 32.4. The van der Waals surface area contributed by atoms with E-state index >= 15 is 0 Å². The molecule has 0 aromatic carbocycles. The first kappa shape index (κ1) is 40.5. The van der Waals surface area contributed by atoms with Gasteiger partial charge in [-0.2, -0.15) is 0 Å². The van der Waals surface area contributed by atoms with E-state index in [2.05, 4.69) is 102 Å². The monoisotopic (exact) mass is 658 g/mol. The number of fused-ring (bicyclic) bond motifs is 1. The molecule has 0 aromatic heterocycles. The van der Waals surface area contributed by atoms with Gasteiger partial charge in [-0.1, -0.05) is 113 Å². The number of rotatable bonds is 21. The molecule has 0 heterocycles. The van der Waals surface area contributed by atoms with Gasteiger partial charge in [-0.05, 0) is 158 Å². The number of allylic oxidation sites excluding steroid dienone is 11. The third-order valence-corrected chi connectivity index (χ3v) is 12.0. The Labute approximate surface area is 298 Å². The minimum absolute atomic E-state index is 0.195. The molecule has 0 radical (unpaired) electrons. The standard InChI is InChI=1S/C46H75NO/c1-37(2)24-22-25-39(4)43-32-33-44-40(26-23-34-46(43,44)5)30-31-41-36-42(29-28-38(41)3)45(48)27-20-18-16-14-12-10-8-9-11-13-15-17-19-21-35-47(6)7/h8,10-11,13,22,25,30-31,37,39,42-44H,3,9,12,14-21,23-24,26-29,32-36H2,1-2,4-7H3/b10-8+,13-11-,25-22+,40-30+,41-31+/t39-,42+,43-,44?,46-/m1/s1. The van der Waals surface area contributed by atoms with Crippen LogP contribution in [-0.2, 0) is 4.79 Å². The van der Waals surface area contributed by atoms with Crippen molar-refractivity contribution in [3.8, 4) is 0 Å². The number of unbranched alkanes of at least 4 members (excludes halogenated alkanes) is 7. The van der Waals surface area contributed by atoms with Crippen LogP contribution in [0, 0.1) is 35.0 Å². The van der Waals surface area contributed by atoms with Crippen molar-refractivity contribution >= 4 is 5.78 Å². The van der Waals surface area contributed by atoms with E-state index in [1.807, 2.05) is 0 Å². The third kappa shape index (κ3) is 13.8. The van der Waals surface area contributed by atoms with E-state index in [4.69, 9.17) is 0 Å². The smallest absolute Gasteiger partial charge is 0.136 e. The van der Waals surface area contributed by atoms with Crippen molar-refractivity contribution in [3.63, 3.8) is 0 Å². The molecule has 2 heteroatoms. The van der Waals surface area contributed by atoms with Gasteiger partial charge in [0.15, 0.2) is 0 Å². The Hall–Kier alpha value is -1.93. The minimum atomic E-state index is 0.195. The van der Waals surface area contributed by atoms with E-state index in [0.717, 1.165) is 56.8 Å². The van der Waals surface area contributed by atoms with E-state index < -0.39 is 0 Å². The number of hydrogen-bond acceptors (Lipinski definition) is 2. The summed E-state index contributed by atoms with van der Waals surface area (Å²) in [6.07, 6.45) is 42.7. The molecule has 0 aliphatic heterocycles. The lowest BCUT2D eigenvalue weighted by Crippen LogP contribution is -2.35. The first-order valence-corrected chi connectivity index (χ1v) is 20.3. The van der Waals surface area contributed by atoms with Gasteiger partial charge in [-0.15, -0.1) is 0 Å². The highest BCUT2D eigenvalue weighted by molar-refractivity contribution is 5.81. The molecule has 0 N–H and O–H groups in total. The van der Waals surface area contributed by atoms with Crippen LogP contribution in [0.1, 0.15) is 156 Å². The van der Waals surface area contributed by atoms with E-state index in [1.54, 1.807) is 5.57 Å². The van der Waals surface area contributed by atoms with Crippen LogP contribution in [0.2, 0.25) is 0 Å². The quantitative estimate of drug-likeness (QED) is 0.0904. The van der Waals surface area contributed by atoms with Crippen molar-refractivity contribution in [1.82, 2.24) is 4.90 Å². The summed E-state index contributed by atoms with van der Waals surface area (Å²) >= 11 is 0. The lowest BCUT2D eigenvalue weighted by atomic mass is 9.61. The first-order valence-electron chi connectivity index (χ1n) is 20.3. The number of carbonyl (C=O) groups excluding carboxylic acids is 1. The molecule has 3 fully saturated rings. The molecule has 48 heavy (non-hydrogen) atoms. The van der Waals surface area contributed by atoms with Crippen LogP contribution in [0.25, 0.3) is 0 Å². The van der Waals surface area contributed by atoms with Crippen molar-refractivity contribution in [2.75, 3.05) is 20.6 Å². The van der Waals surface area contributed by atoms with Gasteiger partial charge < -0.3 is 4.90 Å². The van der Waals surface area contributed by atoms with Crippen molar-refractivity contribution < 1.29 is 4.79 Å². The molecule has 3 aliphatic rings. The first-order chi connectivity index (χ1) is 23.1.